The van der Waals surface area contributed by atoms with Gasteiger partial charge < -0.3 is 9.84 Å². The highest BCUT2D eigenvalue weighted by Gasteiger charge is 2.38. The van der Waals surface area contributed by atoms with Crippen LogP contribution in [0.25, 0.3) is 0 Å². The predicted molar refractivity (Wildman–Crippen MR) is 67.7 cm³/mol. The maximum Gasteiger partial charge on any atom is 0.235 e. The summed E-state index contributed by atoms with van der Waals surface area (Å²) in [4.78, 5) is 14.6. The summed E-state index contributed by atoms with van der Waals surface area (Å²) in [6.45, 7) is 1.87. The molecule has 4 heteroatoms. The van der Waals surface area contributed by atoms with Crippen LogP contribution in [0, 0.1) is 6.92 Å². The third kappa shape index (κ3) is 2.00. The molecular weight excluding hydrogens is 230 g/mol. The number of isocyanates is 1. The fourth-order valence-electron chi connectivity index (χ4n) is 2.75. The Morgan fingerprint density at radius 3 is 2.61 bits per heavy atom. The van der Waals surface area contributed by atoms with E-state index in [1.807, 2.05) is 6.92 Å². The second-order valence-corrected chi connectivity index (χ2v) is 4.78. The SMILES string of the molecule is COc1cc(C2(N=C=O)CCCC2)c(O)cc1C. The Labute approximate surface area is 106 Å². The van der Waals surface area contributed by atoms with Crippen molar-refractivity contribution in [2.45, 2.75) is 38.1 Å². The summed E-state index contributed by atoms with van der Waals surface area (Å²) in [5.41, 5.74) is 0.917. The van der Waals surface area contributed by atoms with E-state index in [1.54, 1.807) is 25.3 Å². The Bertz CT molecular complexity index is 498. The van der Waals surface area contributed by atoms with Crippen LogP contribution in [0.3, 0.4) is 0 Å². The molecular formula is C14H17NO3. The molecule has 0 atom stereocenters. The summed E-state index contributed by atoms with van der Waals surface area (Å²) in [6, 6.07) is 3.45. The van der Waals surface area contributed by atoms with Crippen molar-refractivity contribution >= 4 is 6.08 Å². The van der Waals surface area contributed by atoms with Crippen LogP contribution in [0.2, 0.25) is 0 Å². The Morgan fingerprint density at radius 1 is 1.39 bits per heavy atom. The molecule has 1 N–H and O–H groups in total. The van der Waals surface area contributed by atoms with Crippen molar-refractivity contribution in [2.24, 2.45) is 4.99 Å². The molecule has 4 nitrogen and oxygen atoms in total. The molecule has 96 valence electrons. The summed E-state index contributed by atoms with van der Waals surface area (Å²) >= 11 is 0. The van der Waals surface area contributed by atoms with Crippen LogP contribution in [0.1, 0.15) is 36.8 Å². The van der Waals surface area contributed by atoms with Gasteiger partial charge in [-0.3, -0.25) is 0 Å². The summed E-state index contributed by atoms with van der Waals surface area (Å²) < 4.78 is 5.27. The van der Waals surface area contributed by atoms with Gasteiger partial charge in [-0.15, -0.1) is 0 Å². The minimum Gasteiger partial charge on any atom is -0.508 e. The maximum atomic E-state index is 10.7. The molecule has 0 unspecified atom stereocenters. The average molecular weight is 247 g/mol. The summed E-state index contributed by atoms with van der Waals surface area (Å²) in [5, 5.41) is 10.1. The van der Waals surface area contributed by atoms with Crippen molar-refractivity contribution in [3.05, 3.63) is 23.3 Å². The number of phenolic OH excluding ortho intramolecular Hbond substituents is 1. The number of benzene rings is 1. The van der Waals surface area contributed by atoms with E-state index >= 15 is 0 Å². The first-order chi connectivity index (χ1) is 8.63. The van der Waals surface area contributed by atoms with Gasteiger partial charge in [0, 0.05) is 5.56 Å². The molecule has 0 radical (unpaired) electrons. The Kier molecular flexibility index (Phi) is 3.39. The Hall–Kier alpha value is -1.80. The first-order valence-corrected chi connectivity index (χ1v) is 6.10. The van der Waals surface area contributed by atoms with Gasteiger partial charge in [0.15, 0.2) is 0 Å². The van der Waals surface area contributed by atoms with Crippen LogP contribution in [0.15, 0.2) is 17.1 Å². The standard InChI is InChI=1S/C14H17NO3/c1-10-7-12(17)11(8-13(10)18-2)14(15-9-16)5-3-4-6-14/h7-8,17H,3-6H2,1-2H3. The number of nitrogens with zero attached hydrogens (tertiary/aromatic N) is 1. The molecule has 0 heterocycles. The van der Waals surface area contributed by atoms with Gasteiger partial charge in [-0.1, -0.05) is 12.8 Å². The van der Waals surface area contributed by atoms with Crippen molar-refractivity contribution in [3.8, 4) is 11.5 Å². The van der Waals surface area contributed by atoms with Gasteiger partial charge in [0.05, 0.1) is 7.11 Å². The third-order valence-electron chi connectivity index (χ3n) is 3.70. The van der Waals surface area contributed by atoms with E-state index in [-0.39, 0.29) is 5.75 Å². The second-order valence-electron chi connectivity index (χ2n) is 4.78. The molecule has 18 heavy (non-hydrogen) atoms. The van der Waals surface area contributed by atoms with Crippen LogP contribution in [0.5, 0.6) is 11.5 Å². The largest absolute Gasteiger partial charge is 0.508 e. The zero-order valence-electron chi connectivity index (χ0n) is 10.7. The van der Waals surface area contributed by atoms with Crippen LogP contribution in [-0.4, -0.2) is 18.3 Å². The molecule has 1 aliphatic carbocycles. The lowest BCUT2D eigenvalue weighted by Crippen LogP contribution is -2.19. The van der Waals surface area contributed by atoms with E-state index in [0.29, 0.717) is 11.3 Å². The topological polar surface area (TPSA) is 58.9 Å². The van der Waals surface area contributed by atoms with Crippen molar-refractivity contribution in [2.75, 3.05) is 7.11 Å². The van der Waals surface area contributed by atoms with Gasteiger partial charge in [-0.2, -0.15) is 4.99 Å². The number of hydrogen-bond donors (Lipinski definition) is 1. The lowest BCUT2D eigenvalue weighted by Gasteiger charge is -2.24. The van der Waals surface area contributed by atoms with Crippen molar-refractivity contribution < 1.29 is 14.6 Å². The number of aliphatic imine (C=N–C) groups is 1. The van der Waals surface area contributed by atoms with E-state index in [2.05, 4.69) is 4.99 Å². The molecule has 0 spiro atoms. The van der Waals surface area contributed by atoms with Gasteiger partial charge >= 0.3 is 0 Å². The minimum atomic E-state index is -0.618. The van der Waals surface area contributed by atoms with Gasteiger partial charge in [0.25, 0.3) is 0 Å². The second kappa shape index (κ2) is 4.83. The molecule has 0 saturated heterocycles. The van der Waals surface area contributed by atoms with Crippen LogP contribution < -0.4 is 4.74 Å². The van der Waals surface area contributed by atoms with Crippen molar-refractivity contribution in [1.29, 1.82) is 0 Å². The molecule has 0 amide bonds. The zero-order valence-corrected chi connectivity index (χ0v) is 10.7. The minimum absolute atomic E-state index is 0.175. The van der Waals surface area contributed by atoms with E-state index < -0.39 is 5.54 Å². The molecule has 0 bridgehead atoms. The highest BCUT2D eigenvalue weighted by Crippen LogP contribution is 2.46. The van der Waals surface area contributed by atoms with E-state index in [1.165, 1.54) is 0 Å². The monoisotopic (exact) mass is 247 g/mol. The van der Waals surface area contributed by atoms with Gasteiger partial charge in [-0.05, 0) is 37.5 Å². The lowest BCUT2D eigenvalue weighted by molar-refractivity contribution is 0.388. The number of phenols is 1. The molecule has 1 aromatic carbocycles. The smallest absolute Gasteiger partial charge is 0.235 e. The van der Waals surface area contributed by atoms with Crippen molar-refractivity contribution in [1.82, 2.24) is 0 Å². The number of carbonyl (C=O) groups excluding carboxylic acids is 1. The molecule has 1 fully saturated rings. The summed E-state index contributed by atoms with van der Waals surface area (Å²) in [6.07, 6.45) is 5.18. The zero-order chi connectivity index (χ0) is 13.2. The Balaban J connectivity index is 2.57. The average Bonchev–Trinajstić information content (AvgIpc) is 2.79. The summed E-state index contributed by atoms with van der Waals surface area (Å²) in [7, 11) is 1.59. The normalized spacial score (nSPS) is 17.2. The molecule has 1 aliphatic rings. The lowest BCUT2D eigenvalue weighted by atomic mass is 9.87. The van der Waals surface area contributed by atoms with E-state index in [4.69, 9.17) is 4.74 Å². The molecule has 2 rings (SSSR count). The number of ether oxygens (including phenoxy) is 1. The molecule has 1 aromatic rings. The maximum absolute atomic E-state index is 10.7. The molecule has 0 aromatic heterocycles. The number of hydrogen-bond acceptors (Lipinski definition) is 4. The van der Waals surface area contributed by atoms with Crippen LogP contribution in [-0.2, 0) is 10.3 Å². The first kappa shape index (κ1) is 12.7. The summed E-state index contributed by atoms with van der Waals surface area (Å²) in [5.74, 6) is 0.879. The van der Waals surface area contributed by atoms with Gasteiger partial charge in [0.2, 0.25) is 6.08 Å². The highest BCUT2D eigenvalue weighted by molar-refractivity contribution is 5.50. The number of aryl methyl sites for hydroxylation is 1. The predicted octanol–water partition coefficient (Wildman–Crippen LogP) is 2.81. The van der Waals surface area contributed by atoms with Gasteiger partial charge in [0.1, 0.15) is 17.0 Å². The number of methoxy groups -OCH3 is 1. The molecule has 1 saturated carbocycles. The quantitative estimate of drug-likeness (QED) is 0.660. The van der Waals surface area contributed by atoms with Crippen molar-refractivity contribution in [3.63, 3.8) is 0 Å². The Morgan fingerprint density at radius 2 is 2.06 bits per heavy atom. The fraction of sp³-hybridized carbons (Fsp3) is 0.500. The van der Waals surface area contributed by atoms with E-state index in [0.717, 1.165) is 31.2 Å². The third-order valence-corrected chi connectivity index (χ3v) is 3.70. The van der Waals surface area contributed by atoms with Gasteiger partial charge in [-0.25, -0.2) is 4.79 Å². The van der Waals surface area contributed by atoms with Crippen LogP contribution >= 0.6 is 0 Å². The fourth-order valence-corrected chi connectivity index (χ4v) is 2.75. The van der Waals surface area contributed by atoms with E-state index in [9.17, 15) is 9.90 Å². The van der Waals surface area contributed by atoms with Crippen LogP contribution in [0.4, 0.5) is 0 Å². The highest BCUT2D eigenvalue weighted by atomic mass is 16.5. The number of aromatic hydroxyl groups is 1. The first-order valence-electron chi connectivity index (χ1n) is 6.10. The number of rotatable bonds is 3. The molecule has 0 aliphatic heterocycles.